The molecule has 0 aliphatic carbocycles. The lowest BCUT2D eigenvalue weighted by atomic mass is 10.0. The summed E-state index contributed by atoms with van der Waals surface area (Å²) in [5.74, 6) is 6.82. The highest BCUT2D eigenvalue weighted by Crippen LogP contribution is 2.57. The van der Waals surface area contributed by atoms with Gasteiger partial charge in [-0.3, -0.25) is 18.9 Å². The minimum absolute atomic E-state index is 0.0655. The summed E-state index contributed by atoms with van der Waals surface area (Å²) in [6.07, 6.45) is 3.90. The summed E-state index contributed by atoms with van der Waals surface area (Å²) in [5.41, 5.74) is 1.54. The molecule has 3 atom stereocenters. The molecule has 1 amide bonds. The number of rotatable bonds is 7. The largest absolute Gasteiger partial charge is 0.486 e. The molecule has 0 saturated carbocycles. The Hall–Kier alpha value is -2.61. The molecule has 0 fully saturated rings. The van der Waals surface area contributed by atoms with Crippen LogP contribution in [0.1, 0.15) is 45.2 Å². The highest BCUT2D eigenvalue weighted by molar-refractivity contribution is 8.22. The van der Waals surface area contributed by atoms with Gasteiger partial charge >= 0.3 is 0 Å². The SMILES string of the molecule is CC(C)CC#Cc1ccc2c(c1)O[C@H](CN(C)C(=O)Cc1cccnc1)[C@H](C)CN([C@H](C)CO)S2(O)O. The van der Waals surface area contributed by atoms with Crippen LogP contribution in [-0.4, -0.2) is 73.2 Å². The molecule has 0 radical (unpaired) electrons. The summed E-state index contributed by atoms with van der Waals surface area (Å²) in [6.45, 7) is 8.26. The first-order valence-corrected chi connectivity index (χ1v) is 14.1. The van der Waals surface area contributed by atoms with Crippen LogP contribution in [-0.2, 0) is 11.2 Å². The molecular weight excluding hydrogens is 490 g/mol. The number of likely N-dealkylation sites (N-methyl/N-ethyl adjacent to an activating group) is 1. The van der Waals surface area contributed by atoms with Crippen LogP contribution in [0.4, 0.5) is 0 Å². The Morgan fingerprint density at radius 1 is 1.30 bits per heavy atom. The van der Waals surface area contributed by atoms with Crippen LogP contribution in [0.3, 0.4) is 0 Å². The van der Waals surface area contributed by atoms with Crippen molar-refractivity contribution in [1.82, 2.24) is 14.2 Å². The van der Waals surface area contributed by atoms with Crippen molar-refractivity contribution in [1.29, 1.82) is 0 Å². The van der Waals surface area contributed by atoms with E-state index in [0.717, 1.165) is 12.0 Å². The van der Waals surface area contributed by atoms with E-state index in [1.54, 1.807) is 59.8 Å². The molecule has 1 aliphatic heterocycles. The van der Waals surface area contributed by atoms with Crippen molar-refractivity contribution in [3.05, 3.63) is 53.9 Å². The van der Waals surface area contributed by atoms with Crippen molar-refractivity contribution in [2.45, 2.75) is 57.6 Å². The number of hydrogen-bond acceptors (Lipinski definition) is 7. The van der Waals surface area contributed by atoms with Crippen LogP contribution in [0.15, 0.2) is 47.6 Å². The first kappa shape index (κ1) is 29.0. The van der Waals surface area contributed by atoms with Gasteiger partial charge in [0.1, 0.15) is 16.7 Å². The Kier molecular flexibility index (Phi) is 9.99. The number of ether oxygens (including phenoxy) is 1. The van der Waals surface area contributed by atoms with Crippen molar-refractivity contribution >= 4 is 16.7 Å². The maximum absolute atomic E-state index is 12.9. The smallest absolute Gasteiger partial charge is 0.226 e. The zero-order valence-corrected chi connectivity index (χ0v) is 23.1. The molecule has 2 heterocycles. The van der Waals surface area contributed by atoms with Crippen LogP contribution in [0.5, 0.6) is 5.75 Å². The average molecular weight is 530 g/mol. The van der Waals surface area contributed by atoms with Gasteiger partial charge in [0.15, 0.2) is 0 Å². The molecule has 3 N–H and O–H groups in total. The second-order valence-electron chi connectivity index (χ2n) is 10.2. The second kappa shape index (κ2) is 12.8. The Morgan fingerprint density at radius 2 is 2.05 bits per heavy atom. The third-order valence-electron chi connectivity index (χ3n) is 6.40. The number of pyridine rings is 1. The number of aromatic nitrogens is 1. The van der Waals surface area contributed by atoms with Gasteiger partial charge in [-0.25, -0.2) is 0 Å². The molecule has 202 valence electrons. The van der Waals surface area contributed by atoms with E-state index < -0.39 is 22.9 Å². The number of aliphatic hydroxyl groups is 1. The Bertz CT molecular complexity index is 1120. The molecule has 1 aromatic heterocycles. The molecule has 37 heavy (non-hydrogen) atoms. The lowest BCUT2D eigenvalue weighted by Gasteiger charge is -2.49. The highest BCUT2D eigenvalue weighted by atomic mass is 32.3. The van der Waals surface area contributed by atoms with Crippen LogP contribution in [0.25, 0.3) is 0 Å². The summed E-state index contributed by atoms with van der Waals surface area (Å²) >= 11 is 0. The van der Waals surface area contributed by atoms with Gasteiger partial charge in [0.05, 0.1) is 19.6 Å². The predicted molar refractivity (Wildman–Crippen MR) is 146 cm³/mol. The molecule has 2 aromatic rings. The maximum Gasteiger partial charge on any atom is 0.226 e. The number of carbonyl (C=O) groups is 1. The Morgan fingerprint density at radius 3 is 2.70 bits per heavy atom. The van der Waals surface area contributed by atoms with Gasteiger partial charge in [-0.05, 0) is 42.7 Å². The van der Waals surface area contributed by atoms with Gasteiger partial charge in [0.25, 0.3) is 0 Å². The summed E-state index contributed by atoms with van der Waals surface area (Å²) in [5, 5.41) is 9.87. The molecule has 1 aliphatic rings. The van der Waals surface area contributed by atoms with Gasteiger partial charge in [-0.1, -0.05) is 38.7 Å². The molecule has 9 heteroatoms. The van der Waals surface area contributed by atoms with Crippen LogP contribution < -0.4 is 4.74 Å². The fourth-order valence-corrected chi connectivity index (χ4v) is 5.99. The zero-order chi connectivity index (χ0) is 27.2. The molecule has 0 saturated heterocycles. The fraction of sp³-hybridized carbons (Fsp3) is 0.500. The first-order chi connectivity index (χ1) is 17.5. The normalized spacial score (nSPS) is 20.9. The van der Waals surface area contributed by atoms with Gasteiger partial charge < -0.3 is 14.7 Å². The lowest BCUT2D eigenvalue weighted by molar-refractivity contribution is -0.130. The zero-order valence-electron chi connectivity index (χ0n) is 22.3. The molecule has 3 rings (SSSR count). The van der Waals surface area contributed by atoms with Gasteiger partial charge in [0.2, 0.25) is 5.91 Å². The molecular formula is C28H39N3O5S. The standard InChI is InChI=1S/C28H39N3O5S/c1-20(2)8-6-9-23-11-12-27-25(14-23)36-26(21(3)17-31(22(4)19-32)37(27,34)35)18-30(5)28(33)15-24-10-7-13-29-16-24/h7,10-14,16,20-22,26,32,34-35H,8,15,17-19H2,1-5H3/t21-,22-,26-/m1/s1. The van der Waals surface area contributed by atoms with Crippen molar-refractivity contribution in [3.8, 4) is 17.6 Å². The third-order valence-corrected chi connectivity index (χ3v) is 8.49. The number of carbonyl (C=O) groups excluding carboxylic acids is 1. The predicted octanol–water partition coefficient (Wildman–Crippen LogP) is 4.28. The van der Waals surface area contributed by atoms with E-state index in [0.29, 0.717) is 23.8 Å². The Labute approximate surface area is 222 Å². The summed E-state index contributed by atoms with van der Waals surface area (Å²) in [6, 6.07) is 8.32. The van der Waals surface area contributed by atoms with Crippen LogP contribution in [0, 0.1) is 23.7 Å². The van der Waals surface area contributed by atoms with Gasteiger partial charge in [-0.2, -0.15) is 4.31 Å². The summed E-state index contributed by atoms with van der Waals surface area (Å²) in [4.78, 5) is 18.9. The molecule has 0 unspecified atom stereocenters. The van der Waals surface area contributed by atoms with E-state index in [1.165, 1.54) is 0 Å². The molecule has 8 nitrogen and oxygen atoms in total. The minimum Gasteiger partial charge on any atom is -0.486 e. The van der Waals surface area contributed by atoms with Crippen LogP contribution in [0.2, 0.25) is 0 Å². The van der Waals surface area contributed by atoms with E-state index in [4.69, 9.17) is 4.74 Å². The van der Waals surface area contributed by atoms with E-state index in [9.17, 15) is 19.0 Å². The topological polar surface area (TPSA) is 106 Å². The number of amides is 1. The highest BCUT2D eigenvalue weighted by Gasteiger charge is 2.38. The molecule has 0 bridgehead atoms. The third kappa shape index (κ3) is 7.46. The second-order valence-corrected chi connectivity index (χ2v) is 12.1. The van der Waals surface area contributed by atoms with E-state index in [1.807, 2.05) is 13.0 Å². The Balaban J connectivity index is 1.93. The number of nitrogens with zero attached hydrogens (tertiary/aromatic N) is 3. The number of fused-ring (bicyclic) bond motifs is 1. The average Bonchev–Trinajstić information content (AvgIpc) is 2.86. The van der Waals surface area contributed by atoms with Crippen molar-refractivity contribution in [2.24, 2.45) is 11.8 Å². The van der Waals surface area contributed by atoms with Crippen molar-refractivity contribution in [3.63, 3.8) is 0 Å². The maximum atomic E-state index is 12.9. The first-order valence-electron chi connectivity index (χ1n) is 12.6. The number of hydrogen-bond donors (Lipinski definition) is 3. The number of benzene rings is 1. The van der Waals surface area contributed by atoms with Crippen molar-refractivity contribution in [2.75, 3.05) is 26.7 Å². The lowest BCUT2D eigenvalue weighted by Crippen LogP contribution is -2.48. The van der Waals surface area contributed by atoms with Gasteiger partial charge in [-0.15, -0.1) is 10.8 Å². The minimum atomic E-state index is -3.43. The number of aliphatic hydroxyl groups excluding tert-OH is 1. The van der Waals surface area contributed by atoms with E-state index in [2.05, 4.69) is 30.7 Å². The summed E-state index contributed by atoms with van der Waals surface area (Å²) < 4.78 is 30.6. The van der Waals surface area contributed by atoms with E-state index >= 15 is 0 Å². The molecule has 1 aromatic carbocycles. The fourth-order valence-electron chi connectivity index (χ4n) is 4.10. The monoisotopic (exact) mass is 529 g/mol. The van der Waals surface area contributed by atoms with E-state index in [-0.39, 0.29) is 36.3 Å². The van der Waals surface area contributed by atoms with Crippen LogP contribution >= 0.6 is 10.8 Å². The molecule has 0 spiro atoms. The van der Waals surface area contributed by atoms with Crippen molar-refractivity contribution < 1.29 is 23.7 Å². The quantitative estimate of drug-likeness (QED) is 0.460. The summed E-state index contributed by atoms with van der Waals surface area (Å²) in [7, 11) is -1.69. The van der Waals surface area contributed by atoms with Gasteiger partial charge in [0, 0.05) is 49.9 Å².